The zero-order chi connectivity index (χ0) is 22.9. The molecule has 2 unspecified atom stereocenters. The summed E-state index contributed by atoms with van der Waals surface area (Å²) in [5.41, 5.74) is 15.5. The van der Waals surface area contributed by atoms with Gasteiger partial charge in [0.15, 0.2) is 5.82 Å². The molecule has 168 valence electrons. The molecule has 5 rings (SSSR count). The van der Waals surface area contributed by atoms with Crippen LogP contribution in [0.2, 0.25) is 0 Å². The summed E-state index contributed by atoms with van der Waals surface area (Å²) >= 11 is 0. The van der Waals surface area contributed by atoms with Crippen LogP contribution in [0, 0.1) is 11.3 Å². The average molecular weight is 443 g/mol. The number of pyridine rings is 1. The van der Waals surface area contributed by atoms with Gasteiger partial charge in [-0.05, 0) is 49.7 Å². The van der Waals surface area contributed by atoms with E-state index in [0.29, 0.717) is 29.2 Å². The van der Waals surface area contributed by atoms with E-state index in [0.717, 1.165) is 29.9 Å². The third-order valence-corrected chi connectivity index (χ3v) is 6.59. The summed E-state index contributed by atoms with van der Waals surface area (Å²) in [5.74, 6) is 0.855. The molecule has 2 aromatic heterocycles. The lowest BCUT2D eigenvalue weighted by molar-refractivity contribution is 0.212. The van der Waals surface area contributed by atoms with Crippen molar-refractivity contribution in [3.63, 3.8) is 0 Å². The van der Waals surface area contributed by atoms with Gasteiger partial charge in [0.2, 0.25) is 0 Å². The number of piperazine rings is 1. The zero-order valence-electron chi connectivity index (χ0n) is 18.5. The van der Waals surface area contributed by atoms with Gasteiger partial charge in [0.05, 0.1) is 23.1 Å². The predicted octanol–water partition coefficient (Wildman–Crippen LogP) is 2.44. The largest absolute Gasteiger partial charge is 0.470 e. The highest BCUT2D eigenvalue weighted by molar-refractivity contribution is 5.70. The van der Waals surface area contributed by atoms with Crippen LogP contribution in [-0.4, -0.2) is 52.1 Å². The summed E-state index contributed by atoms with van der Waals surface area (Å²) in [5, 5.41) is 9.87. The standard InChI is InChI=1S/C24H26N8O/c1-31-18-3-4-19(31)13-32(12-18)21-5-2-16(9-17(21)10-25)20-11-29-23(27)24(30-20)33-14-15-6-7-28-22(26)8-15/h2,5-9,11,18-19H,3-4,12-14H2,1H3,(H2,26,28)(H2,27,29). The van der Waals surface area contributed by atoms with Crippen molar-refractivity contribution < 1.29 is 4.74 Å². The van der Waals surface area contributed by atoms with E-state index >= 15 is 0 Å². The van der Waals surface area contributed by atoms with Gasteiger partial charge in [0.1, 0.15) is 18.5 Å². The number of nitrogens with zero attached hydrogens (tertiary/aromatic N) is 6. The Bertz CT molecular complexity index is 1210. The van der Waals surface area contributed by atoms with E-state index in [9.17, 15) is 5.26 Å². The van der Waals surface area contributed by atoms with Crippen molar-refractivity contribution in [2.75, 3.05) is 36.5 Å². The molecule has 4 N–H and O–H groups in total. The number of likely N-dealkylation sites (N-methyl/N-ethyl adjacent to an activating group) is 1. The Morgan fingerprint density at radius 3 is 2.64 bits per heavy atom. The number of ether oxygens (including phenoxy) is 1. The lowest BCUT2D eigenvalue weighted by Gasteiger charge is -2.40. The van der Waals surface area contributed by atoms with Crippen LogP contribution in [0.4, 0.5) is 17.3 Å². The molecule has 9 nitrogen and oxygen atoms in total. The van der Waals surface area contributed by atoms with Gasteiger partial charge in [-0.1, -0.05) is 6.07 Å². The Kier molecular flexibility index (Phi) is 5.44. The van der Waals surface area contributed by atoms with Crippen LogP contribution in [0.25, 0.3) is 11.3 Å². The second-order valence-corrected chi connectivity index (χ2v) is 8.62. The first kappa shape index (κ1) is 21.0. The van der Waals surface area contributed by atoms with E-state index in [-0.39, 0.29) is 18.3 Å². The number of rotatable bonds is 5. The van der Waals surface area contributed by atoms with E-state index in [2.05, 4.69) is 37.9 Å². The Morgan fingerprint density at radius 1 is 1.12 bits per heavy atom. The molecule has 2 atom stereocenters. The number of nitrogens with two attached hydrogens (primary N) is 2. The molecule has 2 aliphatic rings. The Balaban J connectivity index is 1.38. The number of anilines is 3. The summed E-state index contributed by atoms with van der Waals surface area (Å²) in [6.07, 6.45) is 5.65. The third kappa shape index (κ3) is 4.13. The second-order valence-electron chi connectivity index (χ2n) is 8.62. The van der Waals surface area contributed by atoms with E-state index in [1.807, 2.05) is 24.3 Å². The van der Waals surface area contributed by atoms with E-state index < -0.39 is 0 Å². The topological polar surface area (TPSA) is 130 Å². The molecule has 0 aliphatic carbocycles. The minimum Gasteiger partial charge on any atom is -0.470 e. The summed E-state index contributed by atoms with van der Waals surface area (Å²) in [6.45, 7) is 2.13. The van der Waals surface area contributed by atoms with Crippen molar-refractivity contribution in [2.45, 2.75) is 31.5 Å². The molecule has 2 aliphatic heterocycles. The van der Waals surface area contributed by atoms with Gasteiger partial charge in [-0.25, -0.2) is 15.0 Å². The number of aromatic nitrogens is 3. The fraction of sp³-hybridized carbons (Fsp3) is 0.333. The van der Waals surface area contributed by atoms with Gasteiger partial charge < -0.3 is 21.1 Å². The Morgan fingerprint density at radius 2 is 1.91 bits per heavy atom. The van der Waals surface area contributed by atoms with E-state index in [1.165, 1.54) is 12.8 Å². The number of nitriles is 1. The molecule has 0 radical (unpaired) electrons. The molecular weight excluding hydrogens is 416 g/mol. The van der Waals surface area contributed by atoms with Crippen molar-refractivity contribution in [1.29, 1.82) is 5.26 Å². The fourth-order valence-corrected chi connectivity index (χ4v) is 4.73. The molecule has 0 spiro atoms. The van der Waals surface area contributed by atoms with Crippen molar-refractivity contribution >= 4 is 17.3 Å². The maximum Gasteiger partial charge on any atom is 0.258 e. The summed E-state index contributed by atoms with van der Waals surface area (Å²) in [6, 6.07) is 12.9. The van der Waals surface area contributed by atoms with Crippen LogP contribution in [0.5, 0.6) is 5.88 Å². The molecule has 9 heteroatoms. The van der Waals surface area contributed by atoms with Crippen LogP contribution < -0.4 is 21.1 Å². The first-order valence-corrected chi connectivity index (χ1v) is 11.0. The van der Waals surface area contributed by atoms with Gasteiger partial charge in [-0.3, -0.25) is 4.90 Å². The van der Waals surface area contributed by atoms with Gasteiger partial charge in [-0.15, -0.1) is 0 Å². The number of fused-ring (bicyclic) bond motifs is 2. The Labute approximate surface area is 192 Å². The zero-order valence-corrected chi connectivity index (χ0v) is 18.5. The average Bonchev–Trinajstić information content (AvgIpc) is 3.03. The van der Waals surface area contributed by atoms with Gasteiger partial charge in [0.25, 0.3) is 5.88 Å². The molecule has 1 aromatic carbocycles. The molecule has 2 saturated heterocycles. The molecule has 0 saturated carbocycles. The predicted molar refractivity (Wildman–Crippen MR) is 126 cm³/mol. The highest BCUT2D eigenvalue weighted by atomic mass is 16.5. The molecule has 3 aromatic rings. The fourth-order valence-electron chi connectivity index (χ4n) is 4.73. The maximum atomic E-state index is 9.87. The van der Waals surface area contributed by atoms with Crippen molar-refractivity contribution in [1.82, 2.24) is 19.9 Å². The van der Waals surface area contributed by atoms with Crippen LogP contribution >= 0.6 is 0 Å². The van der Waals surface area contributed by atoms with Crippen molar-refractivity contribution in [3.05, 3.63) is 53.9 Å². The van der Waals surface area contributed by atoms with Crippen LogP contribution in [-0.2, 0) is 6.61 Å². The molecule has 0 amide bonds. The minimum absolute atomic E-state index is 0.200. The van der Waals surface area contributed by atoms with E-state index in [1.54, 1.807) is 18.5 Å². The number of nitrogen functional groups attached to an aromatic ring is 2. The highest BCUT2D eigenvalue weighted by Crippen LogP contribution is 2.34. The van der Waals surface area contributed by atoms with Gasteiger partial charge in [0, 0.05) is 36.9 Å². The summed E-state index contributed by atoms with van der Waals surface area (Å²) < 4.78 is 5.80. The number of hydrogen-bond acceptors (Lipinski definition) is 9. The van der Waals surface area contributed by atoms with Gasteiger partial charge in [-0.2, -0.15) is 5.26 Å². The highest BCUT2D eigenvalue weighted by Gasteiger charge is 2.38. The van der Waals surface area contributed by atoms with Crippen LogP contribution in [0.15, 0.2) is 42.7 Å². The molecule has 33 heavy (non-hydrogen) atoms. The molecule has 2 bridgehead atoms. The smallest absolute Gasteiger partial charge is 0.258 e. The minimum atomic E-state index is 0.200. The first-order chi connectivity index (χ1) is 16.0. The van der Waals surface area contributed by atoms with E-state index in [4.69, 9.17) is 16.2 Å². The maximum absolute atomic E-state index is 9.87. The molecule has 2 fully saturated rings. The lowest BCUT2D eigenvalue weighted by Crippen LogP contribution is -2.52. The third-order valence-electron chi connectivity index (χ3n) is 6.59. The molecule has 4 heterocycles. The monoisotopic (exact) mass is 442 g/mol. The van der Waals surface area contributed by atoms with Crippen LogP contribution in [0.3, 0.4) is 0 Å². The molecular formula is C24H26N8O. The van der Waals surface area contributed by atoms with Crippen molar-refractivity contribution in [3.8, 4) is 23.2 Å². The summed E-state index contributed by atoms with van der Waals surface area (Å²) in [4.78, 5) is 17.6. The Hall–Kier alpha value is -3.90. The van der Waals surface area contributed by atoms with Gasteiger partial charge >= 0.3 is 0 Å². The van der Waals surface area contributed by atoms with Crippen LogP contribution in [0.1, 0.15) is 24.0 Å². The quantitative estimate of drug-likeness (QED) is 0.612. The number of benzene rings is 1. The second kappa shape index (κ2) is 8.56. The summed E-state index contributed by atoms with van der Waals surface area (Å²) in [7, 11) is 2.21. The van der Waals surface area contributed by atoms with Crippen molar-refractivity contribution in [2.24, 2.45) is 0 Å². The SMILES string of the molecule is CN1C2CCC1CN(c1ccc(-c3cnc(N)c(OCc4ccnc(N)c4)n3)cc1C#N)C2. The first-order valence-electron chi connectivity index (χ1n) is 11.0. The number of hydrogen-bond donors (Lipinski definition) is 2. The lowest BCUT2D eigenvalue weighted by atomic mass is 10.0. The normalized spacial score (nSPS) is 19.9.